The molecule has 0 bridgehead atoms. The first-order valence-electron chi connectivity index (χ1n) is 5.87. The van der Waals surface area contributed by atoms with E-state index in [4.69, 9.17) is 4.74 Å². The zero-order chi connectivity index (χ0) is 11.1. The minimum atomic E-state index is -0.0671. The van der Waals surface area contributed by atoms with Gasteiger partial charge >= 0.3 is 5.97 Å². The quantitative estimate of drug-likeness (QED) is 0.481. The van der Waals surface area contributed by atoms with Gasteiger partial charge in [-0.1, -0.05) is 6.42 Å². The molecule has 1 rings (SSSR count). The summed E-state index contributed by atoms with van der Waals surface area (Å²) < 4.78 is 5.21. The number of rotatable bonds is 7. The molecule has 0 N–H and O–H groups in total. The fourth-order valence-electron chi connectivity index (χ4n) is 1.55. The Morgan fingerprint density at radius 1 is 1.13 bits per heavy atom. The molecule has 3 heteroatoms. The van der Waals surface area contributed by atoms with Gasteiger partial charge < -0.3 is 9.53 Å². The molecular formula is C12H20O3. The average molecular weight is 212 g/mol. The molecule has 1 aliphatic carbocycles. The summed E-state index contributed by atoms with van der Waals surface area (Å²) in [4.78, 5) is 21.9. The van der Waals surface area contributed by atoms with E-state index < -0.39 is 0 Å². The van der Waals surface area contributed by atoms with Crippen LogP contribution in [-0.2, 0) is 14.3 Å². The normalized spacial score (nSPS) is 15.8. The molecule has 0 radical (unpaired) electrons. The van der Waals surface area contributed by atoms with Crippen molar-refractivity contribution in [3.8, 4) is 0 Å². The second-order valence-corrected chi connectivity index (χ2v) is 4.31. The fraction of sp³-hybridized carbons (Fsp3) is 0.833. The van der Waals surface area contributed by atoms with E-state index in [1.165, 1.54) is 6.42 Å². The van der Waals surface area contributed by atoms with Crippen molar-refractivity contribution in [2.24, 2.45) is 0 Å². The van der Waals surface area contributed by atoms with Gasteiger partial charge in [-0.05, 0) is 39.0 Å². The fourth-order valence-corrected chi connectivity index (χ4v) is 1.55. The van der Waals surface area contributed by atoms with E-state index >= 15 is 0 Å². The molecule has 0 aliphatic heterocycles. The average Bonchev–Trinajstić information content (AvgIpc) is 2.10. The van der Waals surface area contributed by atoms with Crippen LogP contribution in [0.2, 0.25) is 0 Å². The van der Waals surface area contributed by atoms with Gasteiger partial charge in [0.05, 0.1) is 0 Å². The topological polar surface area (TPSA) is 43.4 Å². The zero-order valence-electron chi connectivity index (χ0n) is 9.46. The Balaban J connectivity index is 1.90. The molecule has 3 nitrogen and oxygen atoms in total. The molecule has 86 valence electrons. The van der Waals surface area contributed by atoms with Crippen molar-refractivity contribution >= 4 is 11.8 Å². The standard InChI is InChI=1S/C12H20O3/c1-10(13)6-3-2-4-9-12(14)15-11-7-5-8-11/h11H,2-9H2,1H3. The van der Waals surface area contributed by atoms with Crippen molar-refractivity contribution in [3.05, 3.63) is 0 Å². The molecule has 0 saturated heterocycles. The van der Waals surface area contributed by atoms with Gasteiger partial charge in [0.2, 0.25) is 0 Å². The minimum Gasteiger partial charge on any atom is -0.462 e. The molecule has 0 amide bonds. The van der Waals surface area contributed by atoms with E-state index in [1.807, 2.05) is 0 Å². The highest BCUT2D eigenvalue weighted by Crippen LogP contribution is 2.22. The molecule has 0 atom stereocenters. The van der Waals surface area contributed by atoms with Crippen LogP contribution >= 0.6 is 0 Å². The Morgan fingerprint density at radius 2 is 1.80 bits per heavy atom. The van der Waals surface area contributed by atoms with Crippen molar-refractivity contribution in [2.45, 2.75) is 64.4 Å². The summed E-state index contributed by atoms with van der Waals surface area (Å²) in [7, 11) is 0. The molecule has 0 unspecified atom stereocenters. The number of ether oxygens (including phenoxy) is 1. The van der Waals surface area contributed by atoms with Crippen molar-refractivity contribution in [2.75, 3.05) is 0 Å². The maximum Gasteiger partial charge on any atom is 0.306 e. The summed E-state index contributed by atoms with van der Waals surface area (Å²) in [5.74, 6) is 0.162. The molecule has 0 spiro atoms. The molecule has 0 aromatic heterocycles. The Hall–Kier alpha value is -0.860. The Kier molecular flexibility index (Phi) is 5.37. The van der Waals surface area contributed by atoms with Gasteiger partial charge in [-0.2, -0.15) is 0 Å². The smallest absolute Gasteiger partial charge is 0.306 e. The molecular weight excluding hydrogens is 192 g/mol. The largest absolute Gasteiger partial charge is 0.462 e. The highest BCUT2D eigenvalue weighted by Gasteiger charge is 2.21. The lowest BCUT2D eigenvalue weighted by molar-refractivity contribution is -0.153. The highest BCUT2D eigenvalue weighted by atomic mass is 16.5. The number of ketones is 1. The SMILES string of the molecule is CC(=O)CCCCCC(=O)OC1CCC1. The third-order valence-corrected chi connectivity index (χ3v) is 2.76. The molecule has 0 aromatic rings. The summed E-state index contributed by atoms with van der Waals surface area (Å²) in [5.41, 5.74) is 0. The lowest BCUT2D eigenvalue weighted by atomic mass is 9.96. The van der Waals surface area contributed by atoms with Crippen LogP contribution in [0.25, 0.3) is 0 Å². The van der Waals surface area contributed by atoms with Crippen molar-refractivity contribution in [1.82, 2.24) is 0 Å². The minimum absolute atomic E-state index is 0.0671. The molecule has 15 heavy (non-hydrogen) atoms. The zero-order valence-corrected chi connectivity index (χ0v) is 9.46. The number of hydrogen-bond acceptors (Lipinski definition) is 3. The molecule has 0 aromatic carbocycles. The van der Waals surface area contributed by atoms with Gasteiger partial charge in [-0.25, -0.2) is 0 Å². The van der Waals surface area contributed by atoms with Crippen LogP contribution in [0.3, 0.4) is 0 Å². The summed E-state index contributed by atoms with van der Waals surface area (Å²) >= 11 is 0. The van der Waals surface area contributed by atoms with Crippen LogP contribution in [0.15, 0.2) is 0 Å². The monoisotopic (exact) mass is 212 g/mol. The maximum absolute atomic E-state index is 11.3. The summed E-state index contributed by atoms with van der Waals surface area (Å²) in [6, 6.07) is 0. The Morgan fingerprint density at radius 3 is 2.33 bits per heavy atom. The first-order valence-corrected chi connectivity index (χ1v) is 5.87. The van der Waals surface area contributed by atoms with Crippen LogP contribution in [0, 0.1) is 0 Å². The summed E-state index contributed by atoms with van der Waals surface area (Å²) in [5, 5.41) is 0. The van der Waals surface area contributed by atoms with Gasteiger partial charge in [-0.15, -0.1) is 0 Å². The second kappa shape index (κ2) is 6.59. The van der Waals surface area contributed by atoms with E-state index in [1.54, 1.807) is 6.92 Å². The number of Topliss-reactive ketones (excluding diaryl/α,β-unsaturated/α-hetero) is 1. The van der Waals surface area contributed by atoms with Crippen LogP contribution in [0.4, 0.5) is 0 Å². The van der Waals surface area contributed by atoms with Crippen molar-refractivity contribution in [1.29, 1.82) is 0 Å². The molecule has 1 aliphatic rings. The van der Waals surface area contributed by atoms with Crippen LogP contribution in [0.5, 0.6) is 0 Å². The number of esters is 1. The van der Waals surface area contributed by atoms with E-state index in [9.17, 15) is 9.59 Å². The molecule has 1 saturated carbocycles. The predicted molar refractivity (Wildman–Crippen MR) is 57.5 cm³/mol. The third-order valence-electron chi connectivity index (χ3n) is 2.76. The van der Waals surface area contributed by atoms with Crippen LogP contribution < -0.4 is 0 Å². The number of carbonyl (C=O) groups is 2. The van der Waals surface area contributed by atoms with Gasteiger partial charge in [0.25, 0.3) is 0 Å². The predicted octanol–water partition coefficient (Wildman–Crippen LogP) is 2.62. The molecule has 0 heterocycles. The van der Waals surface area contributed by atoms with Crippen LogP contribution in [0.1, 0.15) is 58.3 Å². The van der Waals surface area contributed by atoms with Gasteiger partial charge in [0.15, 0.2) is 0 Å². The first-order chi connectivity index (χ1) is 7.18. The van der Waals surface area contributed by atoms with Gasteiger partial charge in [-0.3, -0.25) is 4.79 Å². The third kappa shape index (κ3) is 5.55. The van der Waals surface area contributed by atoms with Crippen LogP contribution in [-0.4, -0.2) is 17.9 Å². The van der Waals surface area contributed by atoms with E-state index in [0.29, 0.717) is 12.8 Å². The lowest BCUT2D eigenvalue weighted by Crippen LogP contribution is -2.24. The number of unbranched alkanes of at least 4 members (excludes halogenated alkanes) is 2. The summed E-state index contributed by atoms with van der Waals surface area (Å²) in [6.45, 7) is 1.60. The Bertz CT molecular complexity index is 219. The molecule has 1 fully saturated rings. The number of hydrogen-bond donors (Lipinski definition) is 0. The second-order valence-electron chi connectivity index (χ2n) is 4.31. The van der Waals surface area contributed by atoms with Crippen molar-refractivity contribution in [3.63, 3.8) is 0 Å². The van der Waals surface area contributed by atoms with E-state index in [-0.39, 0.29) is 17.9 Å². The maximum atomic E-state index is 11.3. The summed E-state index contributed by atoms with van der Waals surface area (Å²) in [6.07, 6.45) is 7.30. The lowest BCUT2D eigenvalue weighted by Gasteiger charge is -2.25. The highest BCUT2D eigenvalue weighted by molar-refractivity contribution is 5.75. The number of carbonyl (C=O) groups excluding carboxylic acids is 2. The first kappa shape index (κ1) is 12.2. The van der Waals surface area contributed by atoms with Crippen molar-refractivity contribution < 1.29 is 14.3 Å². The van der Waals surface area contributed by atoms with E-state index in [0.717, 1.165) is 32.1 Å². The van der Waals surface area contributed by atoms with Gasteiger partial charge in [0, 0.05) is 12.8 Å². The Labute approximate surface area is 91.2 Å². The van der Waals surface area contributed by atoms with Gasteiger partial charge in [0.1, 0.15) is 11.9 Å². The van der Waals surface area contributed by atoms with E-state index in [2.05, 4.69) is 0 Å².